The van der Waals surface area contributed by atoms with Crippen molar-refractivity contribution in [2.45, 2.75) is 45.4 Å². The number of nitrogens with two attached hydrogens (primary N) is 1. The number of rotatable bonds is 5. The highest BCUT2D eigenvalue weighted by Gasteiger charge is 2.35. The number of ether oxygens (including phenoxy) is 2. The summed E-state index contributed by atoms with van der Waals surface area (Å²) < 4.78 is 11.6. The third kappa shape index (κ3) is 4.75. The van der Waals surface area contributed by atoms with Crippen molar-refractivity contribution in [2.24, 2.45) is 11.7 Å². The van der Waals surface area contributed by atoms with Crippen molar-refractivity contribution in [1.82, 2.24) is 4.90 Å². The lowest BCUT2D eigenvalue weighted by Crippen LogP contribution is -2.50. The van der Waals surface area contributed by atoms with Crippen LogP contribution in [0.15, 0.2) is 24.3 Å². The molecule has 2 N–H and O–H groups in total. The van der Waals surface area contributed by atoms with Gasteiger partial charge in [-0.05, 0) is 31.4 Å². The molecule has 1 aliphatic rings. The molecule has 23 heavy (non-hydrogen) atoms. The van der Waals surface area contributed by atoms with Gasteiger partial charge >= 0.3 is 0 Å². The minimum Gasteiger partial charge on any atom is -0.482 e. The van der Waals surface area contributed by atoms with Gasteiger partial charge in [0.25, 0.3) is 5.91 Å². The Morgan fingerprint density at radius 2 is 1.83 bits per heavy atom. The van der Waals surface area contributed by atoms with Gasteiger partial charge in [-0.1, -0.05) is 26.0 Å². The summed E-state index contributed by atoms with van der Waals surface area (Å²) in [7, 11) is 1.78. The number of halogens is 1. The summed E-state index contributed by atoms with van der Waals surface area (Å²) in [5.41, 5.74) is 6.04. The smallest absolute Gasteiger partial charge is 0.267 e. The van der Waals surface area contributed by atoms with Gasteiger partial charge in [-0.2, -0.15) is 0 Å². The van der Waals surface area contributed by atoms with Crippen LogP contribution in [0.4, 0.5) is 0 Å². The molecule has 3 unspecified atom stereocenters. The summed E-state index contributed by atoms with van der Waals surface area (Å²) in [5, 5.41) is 0. The number of likely N-dealkylation sites (N-methyl/N-ethyl adjacent to an activating group) is 1. The van der Waals surface area contributed by atoms with Crippen molar-refractivity contribution in [2.75, 3.05) is 13.6 Å². The number of carbonyl (C=O) groups is 1. The van der Waals surface area contributed by atoms with Gasteiger partial charge in [0, 0.05) is 19.6 Å². The van der Waals surface area contributed by atoms with E-state index in [1.807, 2.05) is 31.2 Å². The van der Waals surface area contributed by atoms with Crippen LogP contribution in [0.5, 0.6) is 11.5 Å². The monoisotopic (exact) mass is 342 g/mol. The average Bonchev–Trinajstić information content (AvgIpc) is 2.50. The zero-order chi connectivity index (χ0) is 16.3. The van der Waals surface area contributed by atoms with Crippen LogP contribution in [-0.4, -0.2) is 42.6 Å². The van der Waals surface area contributed by atoms with Crippen LogP contribution in [0.25, 0.3) is 0 Å². The second-order valence-electron chi connectivity index (χ2n) is 6.26. The van der Waals surface area contributed by atoms with E-state index in [0.29, 0.717) is 24.0 Å². The van der Waals surface area contributed by atoms with E-state index in [-0.39, 0.29) is 30.5 Å². The summed E-state index contributed by atoms with van der Waals surface area (Å²) in [6.07, 6.45) is -0.155. The van der Waals surface area contributed by atoms with Crippen LogP contribution in [0.3, 0.4) is 0 Å². The highest BCUT2D eigenvalue weighted by Crippen LogP contribution is 2.33. The summed E-state index contributed by atoms with van der Waals surface area (Å²) >= 11 is 0. The predicted octanol–water partition coefficient (Wildman–Crippen LogP) is 2.47. The first-order valence-corrected chi connectivity index (χ1v) is 7.83. The molecule has 1 aliphatic heterocycles. The molecule has 0 saturated carbocycles. The average molecular weight is 343 g/mol. The molecule has 6 heteroatoms. The highest BCUT2D eigenvalue weighted by molar-refractivity contribution is 5.85. The van der Waals surface area contributed by atoms with E-state index in [1.54, 1.807) is 11.9 Å². The molecule has 0 aromatic heterocycles. The van der Waals surface area contributed by atoms with Gasteiger partial charge < -0.3 is 20.1 Å². The second kappa shape index (κ2) is 8.41. The zero-order valence-electron chi connectivity index (χ0n) is 14.2. The van der Waals surface area contributed by atoms with Crippen LogP contribution in [-0.2, 0) is 4.79 Å². The zero-order valence-corrected chi connectivity index (χ0v) is 15.0. The van der Waals surface area contributed by atoms with E-state index in [4.69, 9.17) is 15.2 Å². The Morgan fingerprint density at radius 3 is 2.39 bits per heavy atom. The van der Waals surface area contributed by atoms with E-state index in [9.17, 15) is 4.79 Å². The number of carbonyl (C=O) groups excluding carboxylic acids is 1. The summed E-state index contributed by atoms with van der Waals surface area (Å²) in [4.78, 5) is 14.3. The lowest BCUT2D eigenvalue weighted by molar-refractivity contribution is -0.143. The van der Waals surface area contributed by atoms with E-state index >= 15 is 0 Å². The lowest BCUT2D eigenvalue weighted by Gasteiger charge is -2.33. The Kier molecular flexibility index (Phi) is 7.16. The first kappa shape index (κ1) is 19.6. The number of nitrogens with zero attached hydrogens (tertiary/aromatic N) is 1. The molecule has 1 amide bonds. The van der Waals surface area contributed by atoms with E-state index < -0.39 is 6.10 Å². The number of para-hydroxylation sites is 2. The topological polar surface area (TPSA) is 64.8 Å². The fourth-order valence-electron chi connectivity index (χ4n) is 2.39. The molecule has 0 fully saturated rings. The molecule has 130 valence electrons. The number of amides is 1. The molecular weight excluding hydrogens is 316 g/mol. The molecule has 1 aromatic rings. The Morgan fingerprint density at radius 1 is 1.26 bits per heavy atom. The molecule has 3 atom stereocenters. The maximum atomic E-state index is 12.6. The minimum absolute atomic E-state index is 0. The fraction of sp³-hybridized carbons (Fsp3) is 0.588. The number of hydrogen-bond acceptors (Lipinski definition) is 4. The van der Waals surface area contributed by atoms with Crippen LogP contribution >= 0.6 is 12.4 Å². The third-order valence-electron chi connectivity index (χ3n) is 4.12. The molecular formula is C17H27ClN2O3. The lowest BCUT2D eigenvalue weighted by atomic mass is 10.0. The van der Waals surface area contributed by atoms with Crippen LogP contribution in [0.1, 0.15) is 27.2 Å². The Balaban J connectivity index is 0.00000264. The number of fused-ring (bicyclic) bond motifs is 1. The molecule has 0 spiro atoms. The van der Waals surface area contributed by atoms with Crippen molar-refractivity contribution in [3.8, 4) is 11.5 Å². The second-order valence-corrected chi connectivity index (χ2v) is 6.26. The highest BCUT2D eigenvalue weighted by atomic mass is 35.5. The Labute approximate surface area is 144 Å². The van der Waals surface area contributed by atoms with Gasteiger partial charge in [-0.25, -0.2) is 0 Å². The first-order chi connectivity index (χ1) is 10.4. The third-order valence-corrected chi connectivity index (χ3v) is 4.12. The molecule has 1 heterocycles. The maximum absolute atomic E-state index is 12.6. The normalized spacial score (nSPS) is 20.6. The van der Waals surface area contributed by atoms with Crippen LogP contribution < -0.4 is 15.2 Å². The van der Waals surface area contributed by atoms with E-state index in [2.05, 4.69) is 13.8 Å². The van der Waals surface area contributed by atoms with Crippen molar-refractivity contribution < 1.29 is 14.3 Å². The van der Waals surface area contributed by atoms with Crippen molar-refractivity contribution in [1.29, 1.82) is 0 Å². The quantitative estimate of drug-likeness (QED) is 0.892. The SMILES string of the molecule is CC(C)C(N)CCN(C)C(=O)C1Oc2ccccc2OC1C.Cl. The number of hydrogen-bond donors (Lipinski definition) is 1. The van der Waals surface area contributed by atoms with Gasteiger partial charge in [0.15, 0.2) is 11.5 Å². The fourth-order valence-corrected chi connectivity index (χ4v) is 2.39. The molecule has 0 aliphatic carbocycles. The van der Waals surface area contributed by atoms with Gasteiger partial charge in [0.1, 0.15) is 6.10 Å². The molecule has 0 radical (unpaired) electrons. The molecule has 0 saturated heterocycles. The van der Waals surface area contributed by atoms with Crippen LogP contribution in [0.2, 0.25) is 0 Å². The molecule has 2 rings (SSSR count). The largest absolute Gasteiger partial charge is 0.482 e. The Hall–Kier alpha value is -1.46. The predicted molar refractivity (Wildman–Crippen MR) is 93.3 cm³/mol. The van der Waals surface area contributed by atoms with E-state index in [0.717, 1.165) is 6.42 Å². The Bertz CT molecular complexity index is 524. The maximum Gasteiger partial charge on any atom is 0.267 e. The summed E-state index contributed by atoms with van der Waals surface area (Å²) in [6.45, 7) is 6.64. The van der Waals surface area contributed by atoms with Crippen molar-refractivity contribution in [3.05, 3.63) is 24.3 Å². The van der Waals surface area contributed by atoms with Crippen LogP contribution in [0, 0.1) is 5.92 Å². The molecule has 0 bridgehead atoms. The molecule has 1 aromatic carbocycles. The molecule has 5 nitrogen and oxygen atoms in total. The van der Waals surface area contributed by atoms with Crippen molar-refractivity contribution in [3.63, 3.8) is 0 Å². The minimum atomic E-state index is -0.616. The van der Waals surface area contributed by atoms with Gasteiger partial charge in [-0.3, -0.25) is 4.79 Å². The summed E-state index contributed by atoms with van der Waals surface area (Å²) in [6, 6.07) is 7.51. The first-order valence-electron chi connectivity index (χ1n) is 7.83. The number of benzene rings is 1. The van der Waals surface area contributed by atoms with Crippen molar-refractivity contribution >= 4 is 18.3 Å². The van der Waals surface area contributed by atoms with Gasteiger partial charge in [0.05, 0.1) is 0 Å². The van der Waals surface area contributed by atoms with E-state index in [1.165, 1.54) is 0 Å². The van der Waals surface area contributed by atoms with Gasteiger partial charge in [-0.15, -0.1) is 12.4 Å². The summed E-state index contributed by atoms with van der Waals surface area (Å²) in [5.74, 6) is 1.64. The van der Waals surface area contributed by atoms with Gasteiger partial charge in [0.2, 0.25) is 6.10 Å². The standard InChI is InChI=1S/C17H26N2O3.ClH/c1-11(2)13(18)9-10-19(4)17(20)16-12(3)21-14-7-5-6-8-15(14)22-16;/h5-8,11-13,16H,9-10,18H2,1-4H3;1H.